The predicted molar refractivity (Wildman–Crippen MR) is 103 cm³/mol. The van der Waals surface area contributed by atoms with Crippen LogP contribution in [0.1, 0.15) is 23.2 Å². The van der Waals surface area contributed by atoms with E-state index in [1.54, 1.807) is 37.0 Å². The van der Waals surface area contributed by atoms with Crippen molar-refractivity contribution in [3.8, 4) is 5.88 Å². The zero-order chi connectivity index (χ0) is 19.7. The second-order valence-electron chi connectivity index (χ2n) is 6.55. The van der Waals surface area contributed by atoms with Crippen LogP contribution >= 0.6 is 0 Å². The highest BCUT2D eigenvalue weighted by Gasteiger charge is 2.29. The number of hydrogen-bond acceptors (Lipinski definition) is 8. The standard InChI is InChI=1S/C18H21N7O3/c1-19-15-8-14(23-13-4-3-5-20-18(13)28-2)24-16-12(9-21-25(15)16)17(27)22-10-6-11(26)7-10/h3-5,8-11,19,26H,6-7H2,1-2H3,(H,22,27)(H,23,24). The maximum atomic E-state index is 12.6. The van der Waals surface area contributed by atoms with Crippen molar-refractivity contribution in [2.75, 3.05) is 24.8 Å². The average Bonchev–Trinajstić information content (AvgIpc) is 3.10. The molecule has 10 heteroatoms. The number of nitrogens with zero attached hydrogens (tertiary/aromatic N) is 4. The van der Waals surface area contributed by atoms with Gasteiger partial charge in [-0.15, -0.1) is 0 Å². The van der Waals surface area contributed by atoms with Gasteiger partial charge in [-0.05, 0) is 25.0 Å². The Morgan fingerprint density at radius 2 is 2.21 bits per heavy atom. The fourth-order valence-corrected chi connectivity index (χ4v) is 3.12. The summed E-state index contributed by atoms with van der Waals surface area (Å²) in [5.74, 6) is 1.34. The van der Waals surface area contributed by atoms with Gasteiger partial charge in [0.1, 0.15) is 22.9 Å². The molecule has 0 unspecified atom stereocenters. The molecule has 0 atom stereocenters. The first kappa shape index (κ1) is 18.0. The fraction of sp³-hybridized carbons (Fsp3) is 0.333. The molecule has 1 aliphatic carbocycles. The number of fused-ring (bicyclic) bond motifs is 1. The summed E-state index contributed by atoms with van der Waals surface area (Å²) in [5.41, 5.74) is 1.42. The molecule has 1 aliphatic rings. The van der Waals surface area contributed by atoms with Crippen LogP contribution in [0, 0.1) is 0 Å². The first-order valence-electron chi connectivity index (χ1n) is 8.90. The van der Waals surface area contributed by atoms with Crippen LogP contribution in [0.25, 0.3) is 5.65 Å². The molecule has 10 nitrogen and oxygen atoms in total. The summed E-state index contributed by atoms with van der Waals surface area (Å²) in [6.45, 7) is 0. The largest absolute Gasteiger partial charge is 0.480 e. The Hall–Kier alpha value is -3.40. The maximum Gasteiger partial charge on any atom is 0.256 e. The van der Waals surface area contributed by atoms with Crippen molar-refractivity contribution in [1.82, 2.24) is 24.9 Å². The van der Waals surface area contributed by atoms with Crippen LogP contribution in [0.5, 0.6) is 5.88 Å². The molecule has 3 aromatic heterocycles. The zero-order valence-electron chi connectivity index (χ0n) is 15.5. The molecule has 4 rings (SSSR count). The molecule has 1 fully saturated rings. The number of amides is 1. The minimum absolute atomic E-state index is 0.0258. The summed E-state index contributed by atoms with van der Waals surface area (Å²) in [5, 5.41) is 22.8. The van der Waals surface area contributed by atoms with E-state index in [1.807, 2.05) is 6.07 Å². The van der Waals surface area contributed by atoms with Crippen LogP contribution in [0.2, 0.25) is 0 Å². The number of anilines is 3. The van der Waals surface area contributed by atoms with Gasteiger partial charge in [-0.25, -0.2) is 9.97 Å². The van der Waals surface area contributed by atoms with Crippen molar-refractivity contribution in [2.24, 2.45) is 0 Å². The summed E-state index contributed by atoms with van der Waals surface area (Å²) >= 11 is 0. The highest BCUT2D eigenvalue weighted by molar-refractivity contribution is 6.00. The van der Waals surface area contributed by atoms with E-state index in [9.17, 15) is 9.90 Å². The molecule has 3 aromatic rings. The van der Waals surface area contributed by atoms with Crippen LogP contribution in [0.4, 0.5) is 17.3 Å². The molecule has 0 saturated heterocycles. The molecule has 1 saturated carbocycles. The van der Waals surface area contributed by atoms with Gasteiger partial charge in [-0.2, -0.15) is 9.61 Å². The Labute approximate surface area is 161 Å². The van der Waals surface area contributed by atoms with E-state index in [0.717, 1.165) is 0 Å². The van der Waals surface area contributed by atoms with Gasteiger partial charge in [0.2, 0.25) is 5.88 Å². The van der Waals surface area contributed by atoms with Gasteiger partial charge >= 0.3 is 0 Å². The summed E-state index contributed by atoms with van der Waals surface area (Å²) in [7, 11) is 3.31. The summed E-state index contributed by atoms with van der Waals surface area (Å²) in [6, 6.07) is 5.36. The third kappa shape index (κ3) is 3.29. The van der Waals surface area contributed by atoms with Gasteiger partial charge in [-0.1, -0.05) is 0 Å². The summed E-state index contributed by atoms with van der Waals surface area (Å²) < 4.78 is 6.83. The van der Waals surface area contributed by atoms with Crippen molar-refractivity contribution >= 4 is 28.9 Å². The number of aromatic nitrogens is 4. The van der Waals surface area contributed by atoms with E-state index in [2.05, 4.69) is 31.0 Å². The molecule has 28 heavy (non-hydrogen) atoms. The van der Waals surface area contributed by atoms with Crippen molar-refractivity contribution in [3.63, 3.8) is 0 Å². The van der Waals surface area contributed by atoms with Crippen LogP contribution in [0.3, 0.4) is 0 Å². The van der Waals surface area contributed by atoms with Gasteiger partial charge < -0.3 is 25.8 Å². The number of pyridine rings is 1. The second-order valence-corrected chi connectivity index (χ2v) is 6.55. The molecule has 0 radical (unpaired) electrons. The lowest BCUT2D eigenvalue weighted by atomic mass is 9.89. The van der Waals surface area contributed by atoms with Crippen LogP contribution in [-0.2, 0) is 0 Å². The monoisotopic (exact) mass is 383 g/mol. The second kappa shape index (κ2) is 7.31. The third-order valence-electron chi connectivity index (χ3n) is 4.65. The number of hydrogen-bond donors (Lipinski definition) is 4. The Morgan fingerprint density at radius 1 is 1.39 bits per heavy atom. The van der Waals surface area contributed by atoms with Gasteiger partial charge in [0.25, 0.3) is 5.91 Å². The van der Waals surface area contributed by atoms with Crippen LogP contribution in [0.15, 0.2) is 30.6 Å². The molecular formula is C18H21N7O3. The van der Waals surface area contributed by atoms with Crippen molar-refractivity contribution in [1.29, 1.82) is 0 Å². The van der Waals surface area contributed by atoms with Gasteiger partial charge in [0.05, 0.1) is 19.4 Å². The number of aliphatic hydroxyl groups excluding tert-OH is 1. The number of carbonyl (C=O) groups is 1. The first-order valence-corrected chi connectivity index (χ1v) is 8.90. The van der Waals surface area contributed by atoms with E-state index in [4.69, 9.17) is 4.74 Å². The SMILES string of the molecule is CNc1cc(Nc2cccnc2OC)nc2c(C(=O)NC3CC(O)C3)cnn12. The van der Waals surface area contributed by atoms with E-state index in [-0.39, 0.29) is 18.1 Å². The third-order valence-corrected chi connectivity index (χ3v) is 4.65. The number of ether oxygens (including phenoxy) is 1. The maximum absolute atomic E-state index is 12.6. The van der Waals surface area contributed by atoms with Crippen LogP contribution in [-0.4, -0.2) is 56.9 Å². The molecule has 4 N–H and O–H groups in total. The van der Waals surface area contributed by atoms with Crippen molar-refractivity contribution < 1.29 is 14.6 Å². The molecule has 0 spiro atoms. The Kier molecular flexibility index (Phi) is 4.70. The number of rotatable bonds is 6. The molecular weight excluding hydrogens is 362 g/mol. The topological polar surface area (TPSA) is 126 Å². The Balaban J connectivity index is 1.67. The molecule has 1 amide bonds. The van der Waals surface area contributed by atoms with Gasteiger partial charge in [0, 0.05) is 25.4 Å². The van der Waals surface area contributed by atoms with E-state index in [1.165, 1.54) is 6.20 Å². The lowest BCUT2D eigenvalue weighted by molar-refractivity contribution is 0.0563. The summed E-state index contributed by atoms with van der Waals surface area (Å²) in [6.07, 6.45) is 3.91. The Bertz CT molecular complexity index is 1010. The number of methoxy groups -OCH3 is 1. The first-order chi connectivity index (χ1) is 13.6. The average molecular weight is 383 g/mol. The van der Waals surface area contributed by atoms with Crippen molar-refractivity contribution in [3.05, 3.63) is 36.2 Å². The number of carbonyl (C=O) groups excluding carboxylic acids is 1. The smallest absolute Gasteiger partial charge is 0.256 e. The van der Waals surface area contributed by atoms with Crippen LogP contribution < -0.4 is 20.7 Å². The highest BCUT2D eigenvalue weighted by Crippen LogP contribution is 2.27. The molecule has 146 valence electrons. The normalized spacial score (nSPS) is 18.4. The summed E-state index contributed by atoms with van der Waals surface area (Å²) in [4.78, 5) is 21.4. The molecule has 3 heterocycles. The Morgan fingerprint density at radius 3 is 2.93 bits per heavy atom. The fourth-order valence-electron chi connectivity index (χ4n) is 3.12. The quantitative estimate of drug-likeness (QED) is 0.500. The number of aliphatic hydroxyl groups is 1. The van der Waals surface area contributed by atoms with E-state index < -0.39 is 0 Å². The zero-order valence-corrected chi connectivity index (χ0v) is 15.5. The highest BCUT2D eigenvalue weighted by atomic mass is 16.5. The van der Waals surface area contributed by atoms with E-state index >= 15 is 0 Å². The molecule has 0 aromatic carbocycles. The van der Waals surface area contributed by atoms with Crippen molar-refractivity contribution in [2.45, 2.75) is 25.0 Å². The number of nitrogens with one attached hydrogen (secondary N) is 3. The molecule has 0 aliphatic heterocycles. The lowest BCUT2D eigenvalue weighted by Crippen LogP contribution is -2.46. The lowest BCUT2D eigenvalue weighted by Gasteiger charge is -2.31. The molecule has 0 bridgehead atoms. The van der Waals surface area contributed by atoms with Gasteiger partial charge in [-0.3, -0.25) is 4.79 Å². The van der Waals surface area contributed by atoms with E-state index in [0.29, 0.717) is 47.3 Å². The minimum Gasteiger partial charge on any atom is -0.480 e. The predicted octanol–water partition coefficient (Wildman–Crippen LogP) is 1.17. The van der Waals surface area contributed by atoms with Gasteiger partial charge in [0.15, 0.2) is 5.65 Å². The minimum atomic E-state index is -0.339.